The van der Waals surface area contributed by atoms with E-state index in [0.29, 0.717) is 41.4 Å². The summed E-state index contributed by atoms with van der Waals surface area (Å²) in [5, 5.41) is 0. The number of ketones is 1. The molecule has 0 saturated carbocycles. The second kappa shape index (κ2) is 8.06. The van der Waals surface area contributed by atoms with Gasteiger partial charge in [0.1, 0.15) is 12.7 Å². The summed E-state index contributed by atoms with van der Waals surface area (Å²) in [5.41, 5.74) is 2.09. The number of hydrogen-bond acceptors (Lipinski definition) is 6. The number of carbonyl (C=O) groups is 2. The molecular weight excluding hydrogens is 360 g/mol. The first-order valence-electron chi connectivity index (χ1n) is 9.23. The fourth-order valence-electron chi connectivity index (χ4n) is 3.45. The lowest BCUT2D eigenvalue weighted by molar-refractivity contribution is 0.0521. The van der Waals surface area contributed by atoms with Gasteiger partial charge in [-0.2, -0.15) is 0 Å². The molecule has 0 unspecified atom stereocenters. The van der Waals surface area contributed by atoms with E-state index < -0.39 is 12.0 Å². The Kier molecular flexibility index (Phi) is 5.74. The Morgan fingerprint density at radius 2 is 1.96 bits per heavy atom. The van der Waals surface area contributed by atoms with Crippen LogP contribution in [-0.2, 0) is 4.74 Å². The van der Waals surface area contributed by atoms with Crippen molar-refractivity contribution in [2.45, 2.75) is 32.9 Å². The van der Waals surface area contributed by atoms with Crippen molar-refractivity contribution in [1.82, 2.24) is 9.88 Å². The number of nitrogens with zero attached hydrogens (tertiary/aromatic N) is 1. The Morgan fingerprint density at radius 1 is 1.29 bits per heavy atom. The van der Waals surface area contributed by atoms with Gasteiger partial charge in [-0.15, -0.1) is 0 Å². The van der Waals surface area contributed by atoms with Gasteiger partial charge in [0.15, 0.2) is 17.3 Å². The van der Waals surface area contributed by atoms with Crippen LogP contribution < -0.4 is 9.47 Å². The highest BCUT2D eigenvalue weighted by Gasteiger charge is 2.29. The standard InChI is InChI=1S/C21H26N2O5/c1-12-18(21(25)26-5)13(2)22-19(12)20(24)14(3)23(4)10-15-11-27-16-8-6-7-9-17(16)28-15/h6-9,14-15,22H,10-11H2,1-5H3/t14-,15-/m1/s1. The Labute approximate surface area is 164 Å². The van der Waals surface area contributed by atoms with Crippen molar-refractivity contribution in [1.29, 1.82) is 0 Å². The Bertz CT molecular complexity index is 889. The summed E-state index contributed by atoms with van der Waals surface area (Å²) in [6, 6.07) is 7.14. The van der Waals surface area contributed by atoms with Crippen molar-refractivity contribution in [3.63, 3.8) is 0 Å². The maximum Gasteiger partial charge on any atom is 0.339 e. The molecule has 1 aromatic heterocycles. The number of fused-ring (bicyclic) bond motifs is 1. The van der Waals surface area contributed by atoms with E-state index in [-0.39, 0.29) is 11.9 Å². The van der Waals surface area contributed by atoms with E-state index in [9.17, 15) is 9.59 Å². The predicted molar refractivity (Wildman–Crippen MR) is 104 cm³/mol. The molecule has 0 spiro atoms. The number of esters is 1. The SMILES string of the molecule is COC(=O)c1c(C)[nH]c(C(=O)[C@@H](C)N(C)C[C@@H]2COc3ccccc3O2)c1C. The third kappa shape index (κ3) is 3.75. The fourth-order valence-corrected chi connectivity index (χ4v) is 3.45. The summed E-state index contributed by atoms with van der Waals surface area (Å²) < 4.78 is 16.5. The molecule has 0 amide bonds. The highest BCUT2D eigenvalue weighted by atomic mass is 16.6. The number of para-hydroxylation sites is 2. The number of nitrogens with one attached hydrogen (secondary N) is 1. The number of methoxy groups -OCH3 is 1. The molecule has 1 aliphatic heterocycles. The summed E-state index contributed by atoms with van der Waals surface area (Å²) in [6.45, 7) is 6.31. The Balaban J connectivity index is 1.69. The smallest absolute Gasteiger partial charge is 0.339 e. The summed E-state index contributed by atoms with van der Waals surface area (Å²) in [5.74, 6) is 0.913. The number of aryl methyl sites for hydroxylation is 1. The van der Waals surface area contributed by atoms with E-state index in [2.05, 4.69) is 4.98 Å². The van der Waals surface area contributed by atoms with Crippen molar-refractivity contribution in [3.05, 3.63) is 46.8 Å². The van der Waals surface area contributed by atoms with E-state index in [4.69, 9.17) is 14.2 Å². The molecule has 0 fully saturated rings. The monoisotopic (exact) mass is 386 g/mol. The molecule has 2 aromatic rings. The zero-order valence-corrected chi connectivity index (χ0v) is 16.9. The average molecular weight is 386 g/mol. The quantitative estimate of drug-likeness (QED) is 0.607. The molecule has 3 rings (SSSR count). The molecule has 2 heterocycles. The molecule has 0 bridgehead atoms. The molecular formula is C21H26N2O5. The first-order chi connectivity index (χ1) is 13.3. The van der Waals surface area contributed by atoms with Gasteiger partial charge in [-0.3, -0.25) is 9.69 Å². The zero-order chi connectivity index (χ0) is 20.4. The van der Waals surface area contributed by atoms with Crippen molar-refractivity contribution >= 4 is 11.8 Å². The number of benzene rings is 1. The Morgan fingerprint density at radius 3 is 2.64 bits per heavy atom. The zero-order valence-electron chi connectivity index (χ0n) is 16.9. The average Bonchev–Trinajstić information content (AvgIpc) is 3.00. The van der Waals surface area contributed by atoms with E-state index >= 15 is 0 Å². The van der Waals surface area contributed by atoms with E-state index in [1.54, 1.807) is 13.8 Å². The topological polar surface area (TPSA) is 80.9 Å². The van der Waals surface area contributed by atoms with Crippen LogP contribution in [0.15, 0.2) is 24.3 Å². The Hall–Kier alpha value is -2.80. The fraction of sp³-hybridized carbons (Fsp3) is 0.429. The van der Waals surface area contributed by atoms with Gasteiger partial charge in [0.2, 0.25) is 0 Å². The second-order valence-electron chi connectivity index (χ2n) is 7.09. The van der Waals surface area contributed by atoms with Gasteiger partial charge in [-0.25, -0.2) is 4.79 Å². The number of ether oxygens (including phenoxy) is 3. The van der Waals surface area contributed by atoms with Crippen molar-refractivity contribution in [2.24, 2.45) is 0 Å². The van der Waals surface area contributed by atoms with Gasteiger partial charge < -0.3 is 19.2 Å². The molecule has 0 radical (unpaired) electrons. The molecule has 2 atom stereocenters. The van der Waals surface area contributed by atoms with Gasteiger partial charge >= 0.3 is 5.97 Å². The highest BCUT2D eigenvalue weighted by Crippen LogP contribution is 2.31. The van der Waals surface area contributed by atoms with Crippen LogP contribution in [0.25, 0.3) is 0 Å². The number of rotatable bonds is 6. The summed E-state index contributed by atoms with van der Waals surface area (Å²) >= 11 is 0. The van der Waals surface area contributed by atoms with Gasteiger partial charge in [-0.05, 0) is 45.5 Å². The maximum atomic E-state index is 13.0. The lowest BCUT2D eigenvalue weighted by Crippen LogP contribution is -2.45. The predicted octanol–water partition coefficient (Wildman–Crippen LogP) is 2.76. The van der Waals surface area contributed by atoms with Crippen LogP contribution in [-0.4, -0.2) is 61.1 Å². The summed E-state index contributed by atoms with van der Waals surface area (Å²) in [4.78, 5) is 30.0. The maximum absolute atomic E-state index is 13.0. The molecule has 7 heteroatoms. The first kappa shape index (κ1) is 19.9. The summed E-state index contributed by atoms with van der Waals surface area (Å²) in [7, 11) is 3.20. The van der Waals surface area contributed by atoms with Gasteiger partial charge in [0, 0.05) is 12.2 Å². The van der Waals surface area contributed by atoms with Crippen LogP contribution in [0.2, 0.25) is 0 Å². The number of hydrogen-bond donors (Lipinski definition) is 1. The molecule has 28 heavy (non-hydrogen) atoms. The minimum absolute atomic E-state index is 0.0876. The van der Waals surface area contributed by atoms with Crippen LogP contribution in [0.5, 0.6) is 11.5 Å². The van der Waals surface area contributed by atoms with Crippen LogP contribution >= 0.6 is 0 Å². The third-order valence-corrected chi connectivity index (χ3v) is 5.17. The molecule has 1 N–H and O–H groups in total. The normalized spacial score (nSPS) is 16.7. The van der Waals surface area contributed by atoms with Gasteiger partial charge in [0.25, 0.3) is 0 Å². The summed E-state index contributed by atoms with van der Waals surface area (Å²) in [6.07, 6.45) is -0.174. The largest absolute Gasteiger partial charge is 0.486 e. The third-order valence-electron chi connectivity index (χ3n) is 5.17. The number of aromatic nitrogens is 1. The first-order valence-corrected chi connectivity index (χ1v) is 9.23. The number of likely N-dealkylation sites (N-methyl/N-ethyl adjacent to an activating group) is 1. The minimum Gasteiger partial charge on any atom is -0.486 e. The van der Waals surface area contributed by atoms with Crippen LogP contribution in [0.1, 0.15) is 39.0 Å². The van der Waals surface area contributed by atoms with Crippen LogP contribution in [0.3, 0.4) is 0 Å². The highest BCUT2D eigenvalue weighted by molar-refractivity contribution is 6.03. The van der Waals surface area contributed by atoms with Crippen LogP contribution in [0, 0.1) is 13.8 Å². The number of aromatic amines is 1. The van der Waals surface area contributed by atoms with Gasteiger partial charge in [0.05, 0.1) is 24.4 Å². The lowest BCUT2D eigenvalue weighted by Gasteiger charge is -2.31. The lowest BCUT2D eigenvalue weighted by atomic mass is 10.0. The van der Waals surface area contributed by atoms with Gasteiger partial charge in [-0.1, -0.05) is 12.1 Å². The van der Waals surface area contributed by atoms with Crippen molar-refractivity contribution in [2.75, 3.05) is 27.3 Å². The molecule has 1 aromatic carbocycles. The number of carbonyl (C=O) groups excluding carboxylic acids is 2. The van der Waals surface area contributed by atoms with Crippen LogP contribution in [0.4, 0.5) is 0 Å². The molecule has 7 nitrogen and oxygen atoms in total. The molecule has 0 saturated heterocycles. The van der Waals surface area contributed by atoms with E-state index in [0.717, 1.165) is 5.75 Å². The van der Waals surface area contributed by atoms with Crippen molar-refractivity contribution < 1.29 is 23.8 Å². The number of H-pyrrole nitrogens is 1. The molecule has 150 valence electrons. The molecule has 1 aliphatic rings. The molecule has 0 aliphatic carbocycles. The number of Topliss-reactive ketones (excluding diaryl/α,β-unsaturated/α-hetero) is 1. The van der Waals surface area contributed by atoms with Crippen molar-refractivity contribution in [3.8, 4) is 11.5 Å². The minimum atomic E-state index is -0.447. The van der Waals surface area contributed by atoms with E-state index in [1.165, 1.54) is 7.11 Å². The second-order valence-corrected chi connectivity index (χ2v) is 7.09. The van der Waals surface area contributed by atoms with E-state index in [1.807, 2.05) is 43.1 Å².